The number of carbonyl (C=O) groups excluding carboxylic acids is 2. The highest BCUT2D eigenvalue weighted by Gasteiger charge is 2.35. The molecule has 1 fully saturated rings. The van der Waals surface area contributed by atoms with Gasteiger partial charge in [-0.1, -0.05) is 33.8 Å². The molecule has 1 N–H and O–H groups in total. The first-order valence-electron chi connectivity index (χ1n) is 8.76. The molecule has 1 atom stereocenters. The Morgan fingerprint density at radius 2 is 2.07 bits per heavy atom. The van der Waals surface area contributed by atoms with Crippen LogP contribution in [0, 0.1) is 0 Å². The van der Waals surface area contributed by atoms with Gasteiger partial charge >= 0.3 is 0 Å². The summed E-state index contributed by atoms with van der Waals surface area (Å²) in [5.74, 6) is 0.410. The zero-order chi connectivity index (χ0) is 20.1. The molecule has 0 radical (unpaired) electrons. The maximum Gasteiger partial charge on any atom is 0.238 e. The van der Waals surface area contributed by atoms with Crippen LogP contribution in [-0.2, 0) is 9.59 Å². The van der Waals surface area contributed by atoms with Crippen molar-refractivity contribution in [2.75, 3.05) is 19.0 Å². The second-order valence-corrected chi connectivity index (χ2v) is 8.13. The van der Waals surface area contributed by atoms with Crippen molar-refractivity contribution in [3.63, 3.8) is 0 Å². The molecule has 1 aliphatic heterocycles. The predicted octanol–water partition coefficient (Wildman–Crippen LogP) is 4.44. The van der Waals surface area contributed by atoms with Gasteiger partial charge in [0.25, 0.3) is 0 Å². The van der Waals surface area contributed by atoms with E-state index in [2.05, 4.69) is 26.2 Å². The Bertz CT molecular complexity index is 902. The Hall–Kier alpha value is -2.32. The molecule has 2 aromatic rings. The largest absolute Gasteiger partial charge is 0.497 e. The summed E-state index contributed by atoms with van der Waals surface area (Å²) >= 11 is 4.69. The third-order valence-electron chi connectivity index (χ3n) is 4.14. The second kappa shape index (κ2) is 9.25. The number of aliphatic imine (C=N–C) groups is 1. The Labute approximate surface area is 176 Å². The molecule has 0 bridgehead atoms. The summed E-state index contributed by atoms with van der Waals surface area (Å²) in [4.78, 5) is 31.5. The van der Waals surface area contributed by atoms with Crippen molar-refractivity contribution < 1.29 is 14.3 Å². The summed E-state index contributed by atoms with van der Waals surface area (Å²) in [6.07, 6.45) is 0.139. The van der Waals surface area contributed by atoms with Crippen molar-refractivity contribution >= 4 is 56.0 Å². The van der Waals surface area contributed by atoms with Crippen LogP contribution < -0.4 is 10.1 Å². The molecular weight excluding hydrogens is 442 g/mol. The zero-order valence-electron chi connectivity index (χ0n) is 15.5. The van der Waals surface area contributed by atoms with Crippen LogP contribution in [0.15, 0.2) is 58.0 Å². The number of rotatable bonds is 5. The van der Waals surface area contributed by atoms with Crippen LogP contribution in [0.1, 0.15) is 13.3 Å². The monoisotopic (exact) mass is 461 g/mol. The number of nitrogens with zero attached hydrogens (tertiary/aromatic N) is 2. The molecule has 1 heterocycles. The maximum absolute atomic E-state index is 12.7. The number of ether oxygens (including phenoxy) is 1. The fraction of sp³-hybridized carbons (Fsp3) is 0.250. The summed E-state index contributed by atoms with van der Waals surface area (Å²) in [6.45, 7) is 2.39. The van der Waals surface area contributed by atoms with E-state index >= 15 is 0 Å². The summed E-state index contributed by atoms with van der Waals surface area (Å²) in [5.41, 5.74) is 1.38. The molecule has 0 saturated carbocycles. The minimum Gasteiger partial charge on any atom is -0.497 e. The van der Waals surface area contributed by atoms with Gasteiger partial charge in [0.2, 0.25) is 11.8 Å². The van der Waals surface area contributed by atoms with E-state index in [9.17, 15) is 9.59 Å². The van der Waals surface area contributed by atoms with Crippen LogP contribution in [-0.4, -0.2) is 40.8 Å². The van der Waals surface area contributed by atoms with Gasteiger partial charge in [0.15, 0.2) is 5.17 Å². The maximum atomic E-state index is 12.7. The summed E-state index contributed by atoms with van der Waals surface area (Å²) in [7, 11) is 1.60. The molecule has 2 amide bonds. The molecule has 0 aliphatic carbocycles. The first kappa shape index (κ1) is 20.4. The van der Waals surface area contributed by atoms with Crippen LogP contribution in [0.4, 0.5) is 11.4 Å². The van der Waals surface area contributed by atoms with E-state index in [0.717, 1.165) is 10.2 Å². The third kappa shape index (κ3) is 4.94. The number of hydrogen-bond donors (Lipinski definition) is 1. The smallest absolute Gasteiger partial charge is 0.238 e. The van der Waals surface area contributed by atoms with E-state index in [1.54, 1.807) is 12.0 Å². The molecule has 1 saturated heterocycles. The zero-order valence-corrected chi connectivity index (χ0v) is 17.9. The van der Waals surface area contributed by atoms with Crippen molar-refractivity contribution in [3.8, 4) is 5.75 Å². The molecule has 0 aromatic heterocycles. The number of nitrogens with one attached hydrogen (secondary N) is 1. The number of hydrogen-bond acceptors (Lipinski definition) is 5. The Kier molecular flexibility index (Phi) is 6.74. The molecule has 8 heteroatoms. The van der Waals surface area contributed by atoms with Crippen LogP contribution in [0.25, 0.3) is 0 Å². The highest BCUT2D eigenvalue weighted by molar-refractivity contribution is 9.10. The van der Waals surface area contributed by atoms with Gasteiger partial charge in [-0.15, -0.1) is 0 Å². The lowest BCUT2D eigenvalue weighted by atomic mass is 10.2. The van der Waals surface area contributed by atoms with Gasteiger partial charge in [-0.2, -0.15) is 0 Å². The number of amidine groups is 1. The third-order valence-corrected chi connectivity index (χ3v) is 5.82. The van der Waals surface area contributed by atoms with Gasteiger partial charge in [0.05, 0.1) is 12.8 Å². The molecule has 6 nitrogen and oxygen atoms in total. The average Bonchev–Trinajstić information content (AvgIpc) is 2.68. The Morgan fingerprint density at radius 3 is 2.71 bits per heavy atom. The minimum absolute atomic E-state index is 0.108. The number of benzene rings is 2. The number of methoxy groups -OCH3 is 1. The van der Waals surface area contributed by atoms with E-state index in [1.165, 1.54) is 11.8 Å². The molecular formula is C20H20BrN3O3S. The molecule has 3 rings (SSSR count). The number of amides is 2. The van der Waals surface area contributed by atoms with E-state index in [4.69, 9.17) is 4.74 Å². The standard InChI is InChI=1S/C20H20BrN3O3S/c1-3-24-18(25)12-17(19(26)22-15-6-4-5-13(21)11-15)28-20(24)23-14-7-9-16(27-2)10-8-14/h4-11,17H,3,12H2,1-2H3,(H,22,26). The number of thioether (sulfide) groups is 1. The molecule has 1 unspecified atom stereocenters. The predicted molar refractivity (Wildman–Crippen MR) is 116 cm³/mol. The van der Waals surface area contributed by atoms with Gasteiger partial charge in [0, 0.05) is 23.1 Å². The topological polar surface area (TPSA) is 71.0 Å². The van der Waals surface area contributed by atoms with E-state index in [1.807, 2.05) is 55.5 Å². The van der Waals surface area contributed by atoms with Crippen molar-refractivity contribution in [2.45, 2.75) is 18.6 Å². The number of anilines is 1. The SMILES string of the molecule is CCN1C(=O)CC(C(=O)Nc2cccc(Br)c2)SC1=Nc1ccc(OC)cc1. The lowest BCUT2D eigenvalue weighted by molar-refractivity contribution is -0.129. The first-order valence-corrected chi connectivity index (χ1v) is 10.4. The molecule has 146 valence electrons. The van der Waals surface area contributed by atoms with E-state index in [-0.39, 0.29) is 18.2 Å². The van der Waals surface area contributed by atoms with Crippen molar-refractivity contribution in [3.05, 3.63) is 53.0 Å². The minimum atomic E-state index is -0.536. The molecule has 2 aromatic carbocycles. The van der Waals surface area contributed by atoms with Crippen LogP contribution >= 0.6 is 27.7 Å². The second-order valence-electron chi connectivity index (χ2n) is 6.04. The summed E-state index contributed by atoms with van der Waals surface area (Å²) in [6, 6.07) is 14.6. The molecule has 1 aliphatic rings. The van der Waals surface area contributed by atoms with Crippen molar-refractivity contribution in [1.82, 2.24) is 4.90 Å². The molecule has 28 heavy (non-hydrogen) atoms. The Morgan fingerprint density at radius 1 is 1.32 bits per heavy atom. The lowest BCUT2D eigenvalue weighted by Crippen LogP contribution is -2.45. The van der Waals surface area contributed by atoms with Gasteiger partial charge in [0.1, 0.15) is 11.0 Å². The number of carbonyl (C=O) groups is 2. The fourth-order valence-electron chi connectivity index (χ4n) is 2.71. The van der Waals surface area contributed by atoms with Gasteiger partial charge < -0.3 is 10.1 Å². The van der Waals surface area contributed by atoms with Crippen molar-refractivity contribution in [1.29, 1.82) is 0 Å². The number of halogens is 1. The normalized spacial score (nSPS) is 18.2. The summed E-state index contributed by atoms with van der Waals surface area (Å²) in [5, 5.41) is 2.86. The van der Waals surface area contributed by atoms with Gasteiger partial charge in [-0.25, -0.2) is 4.99 Å². The van der Waals surface area contributed by atoms with E-state index in [0.29, 0.717) is 23.1 Å². The van der Waals surface area contributed by atoms with Crippen LogP contribution in [0.5, 0.6) is 5.75 Å². The first-order chi connectivity index (χ1) is 13.5. The van der Waals surface area contributed by atoms with Gasteiger partial charge in [-0.05, 0) is 49.4 Å². The highest BCUT2D eigenvalue weighted by atomic mass is 79.9. The van der Waals surface area contributed by atoms with Crippen LogP contribution in [0.3, 0.4) is 0 Å². The van der Waals surface area contributed by atoms with Crippen LogP contribution in [0.2, 0.25) is 0 Å². The average molecular weight is 462 g/mol. The van der Waals surface area contributed by atoms with Crippen molar-refractivity contribution in [2.24, 2.45) is 4.99 Å². The lowest BCUT2D eigenvalue weighted by Gasteiger charge is -2.30. The summed E-state index contributed by atoms with van der Waals surface area (Å²) < 4.78 is 6.03. The van der Waals surface area contributed by atoms with E-state index < -0.39 is 5.25 Å². The fourth-order valence-corrected chi connectivity index (χ4v) is 4.27. The molecule has 0 spiro atoms. The quantitative estimate of drug-likeness (QED) is 0.714. The Balaban J connectivity index is 1.79. The van der Waals surface area contributed by atoms with Gasteiger partial charge in [-0.3, -0.25) is 14.5 Å². The highest BCUT2D eigenvalue weighted by Crippen LogP contribution is 2.30.